The number of carbonyl (C=O) groups is 1. The van der Waals surface area contributed by atoms with Crippen LogP contribution in [0, 0.1) is 0 Å². The first kappa shape index (κ1) is 20.7. The molecule has 1 atom stereocenters. The molecule has 156 valence electrons. The van der Waals surface area contributed by atoms with E-state index in [1.807, 2.05) is 0 Å². The predicted molar refractivity (Wildman–Crippen MR) is 119 cm³/mol. The summed E-state index contributed by atoms with van der Waals surface area (Å²) in [6, 6.07) is 9.98. The minimum Gasteiger partial charge on any atom is -0.479 e. The van der Waals surface area contributed by atoms with E-state index in [2.05, 4.69) is 10.3 Å². The fourth-order valence-corrected chi connectivity index (χ4v) is 4.01. The molecule has 0 aliphatic carbocycles. The summed E-state index contributed by atoms with van der Waals surface area (Å²) < 4.78 is 7.41. The van der Waals surface area contributed by atoms with Gasteiger partial charge in [-0.3, -0.25) is 14.2 Å². The molecule has 8 heteroatoms. The zero-order chi connectivity index (χ0) is 21.3. The molecule has 2 heterocycles. The SMILES string of the molecule is CC(Oc1ccc(Cl)cc1Cl)C(=O)Nc1ccc2nc3n(c(=O)c2c1)CCCCC3. The number of hydrogen-bond acceptors (Lipinski definition) is 4. The molecule has 3 aromatic rings. The van der Waals surface area contributed by atoms with E-state index in [0.29, 0.717) is 38.9 Å². The molecule has 1 aromatic heterocycles. The van der Waals surface area contributed by atoms with Crippen LogP contribution in [-0.2, 0) is 17.8 Å². The molecule has 4 rings (SSSR count). The molecule has 0 radical (unpaired) electrons. The number of nitrogens with zero attached hydrogens (tertiary/aromatic N) is 2. The lowest BCUT2D eigenvalue weighted by atomic mass is 10.2. The second-order valence-electron chi connectivity index (χ2n) is 7.35. The van der Waals surface area contributed by atoms with Gasteiger partial charge in [0.1, 0.15) is 11.6 Å². The van der Waals surface area contributed by atoms with Crippen molar-refractivity contribution < 1.29 is 9.53 Å². The summed E-state index contributed by atoms with van der Waals surface area (Å²) in [5, 5.41) is 4.10. The van der Waals surface area contributed by atoms with Gasteiger partial charge in [-0.05, 0) is 56.2 Å². The Morgan fingerprint density at radius 3 is 2.80 bits per heavy atom. The van der Waals surface area contributed by atoms with Crippen LogP contribution in [0.1, 0.15) is 32.0 Å². The van der Waals surface area contributed by atoms with Gasteiger partial charge in [0.05, 0.1) is 15.9 Å². The van der Waals surface area contributed by atoms with Gasteiger partial charge in [0.2, 0.25) is 0 Å². The maximum absolute atomic E-state index is 13.0. The number of anilines is 1. The number of rotatable bonds is 4. The maximum atomic E-state index is 13.0. The van der Waals surface area contributed by atoms with Gasteiger partial charge in [-0.1, -0.05) is 29.6 Å². The number of benzene rings is 2. The third-order valence-electron chi connectivity index (χ3n) is 5.15. The van der Waals surface area contributed by atoms with Crippen LogP contribution in [0.4, 0.5) is 5.69 Å². The second-order valence-corrected chi connectivity index (χ2v) is 8.20. The average molecular weight is 446 g/mol. The van der Waals surface area contributed by atoms with E-state index in [9.17, 15) is 9.59 Å². The van der Waals surface area contributed by atoms with Gasteiger partial charge >= 0.3 is 0 Å². The summed E-state index contributed by atoms with van der Waals surface area (Å²) in [7, 11) is 0. The third-order valence-corrected chi connectivity index (χ3v) is 5.68. The van der Waals surface area contributed by atoms with Gasteiger partial charge in [0.25, 0.3) is 11.5 Å². The Morgan fingerprint density at radius 2 is 2.00 bits per heavy atom. The minimum atomic E-state index is -0.800. The zero-order valence-electron chi connectivity index (χ0n) is 16.5. The van der Waals surface area contributed by atoms with E-state index in [-0.39, 0.29) is 11.5 Å². The topological polar surface area (TPSA) is 73.2 Å². The van der Waals surface area contributed by atoms with Crippen molar-refractivity contribution in [2.24, 2.45) is 0 Å². The lowest BCUT2D eigenvalue weighted by Crippen LogP contribution is -2.30. The van der Waals surface area contributed by atoms with Crippen molar-refractivity contribution in [3.8, 4) is 5.75 Å². The molecule has 30 heavy (non-hydrogen) atoms. The van der Waals surface area contributed by atoms with Gasteiger partial charge in [0.15, 0.2) is 6.10 Å². The lowest BCUT2D eigenvalue weighted by molar-refractivity contribution is -0.122. The molecule has 1 amide bonds. The summed E-state index contributed by atoms with van der Waals surface area (Å²) in [4.78, 5) is 30.2. The Balaban J connectivity index is 1.55. The molecule has 2 aromatic carbocycles. The second kappa shape index (κ2) is 8.66. The van der Waals surface area contributed by atoms with Crippen LogP contribution >= 0.6 is 23.2 Å². The summed E-state index contributed by atoms with van der Waals surface area (Å²) in [5.41, 5.74) is 1.09. The number of aromatic nitrogens is 2. The van der Waals surface area contributed by atoms with Gasteiger partial charge < -0.3 is 10.1 Å². The smallest absolute Gasteiger partial charge is 0.265 e. The van der Waals surface area contributed by atoms with Crippen molar-refractivity contribution >= 4 is 45.7 Å². The van der Waals surface area contributed by atoms with Crippen LogP contribution in [0.15, 0.2) is 41.2 Å². The van der Waals surface area contributed by atoms with Gasteiger partial charge in [-0.2, -0.15) is 0 Å². The fraction of sp³-hybridized carbons (Fsp3) is 0.318. The average Bonchev–Trinajstić information content (AvgIpc) is 2.96. The maximum Gasteiger partial charge on any atom is 0.265 e. The first-order chi connectivity index (χ1) is 14.4. The fourth-order valence-electron chi connectivity index (χ4n) is 3.55. The molecule has 1 N–H and O–H groups in total. The Hall–Kier alpha value is -2.57. The molecule has 0 fully saturated rings. The monoisotopic (exact) mass is 445 g/mol. The molecular formula is C22H21Cl2N3O3. The first-order valence-corrected chi connectivity index (χ1v) is 10.6. The Labute approximate surface area is 183 Å². The Bertz CT molecular complexity index is 1180. The molecule has 1 aliphatic heterocycles. The largest absolute Gasteiger partial charge is 0.479 e. The van der Waals surface area contributed by atoms with Crippen molar-refractivity contribution in [1.82, 2.24) is 9.55 Å². The zero-order valence-corrected chi connectivity index (χ0v) is 18.0. The molecule has 0 saturated carbocycles. The van der Waals surface area contributed by atoms with Crippen LogP contribution in [0.3, 0.4) is 0 Å². The standard InChI is InChI=1S/C22H21Cl2N3O3/c1-13(30-19-9-6-14(23)11-17(19)24)21(28)25-15-7-8-18-16(12-15)22(29)27-10-4-2-3-5-20(27)26-18/h6-9,11-13H,2-5,10H2,1H3,(H,25,28). The highest BCUT2D eigenvalue weighted by molar-refractivity contribution is 6.35. The first-order valence-electron chi connectivity index (χ1n) is 9.88. The van der Waals surface area contributed by atoms with Gasteiger partial charge in [0, 0.05) is 23.7 Å². The van der Waals surface area contributed by atoms with Crippen LogP contribution in [-0.4, -0.2) is 21.6 Å². The van der Waals surface area contributed by atoms with Crippen molar-refractivity contribution in [3.63, 3.8) is 0 Å². The number of hydrogen-bond donors (Lipinski definition) is 1. The number of fused-ring (bicyclic) bond motifs is 2. The molecule has 0 saturated heterocycles. The highest BCUT2D eigenvalue weighted by Gasteiger charge is 2.18. The van der Waals surface area contributed by atoms with Crippen LogP contribution in [0.25, 0.3) is 10.9 Å². The normalized spacial score (nSPS) is 14.6. The van der Waals surface area contributed by atoms with Crippen LogP contribution in [0.2, 0.25) is 10.0 Å². The number of aryl methyl sites for hydroxylation is 1. The third kappa shape index (κ3) is 4.30. The van der Waals surface area contributed by atoms with Gasteiger partial charge in [-0.25, -0.2) is 4.98 Å². The van der Waals surface area contributed by atoms with Crippen LogP contribution in [0.5, 0.6) is 5.75 Å². The van der Waals surface area contributed by atoms with Crippen molar-refractivity contribution in [1.29, 1.82) is 0 Å². The number of carbonyl (C=O) groups excluding carboxylic acids is 1. The van der Waals surface area contributed by atoms with Crippen LogP contribution < -0.4 is 15.6 Å². The van der Waals surface area contributed by atoms with E-state index in [1.165, 1.54) is 0 Å². The Morgan fingerprint density at radius 1 is 1.17 bits per heavy atom. The Kier molecular flexibility index (Phi) is 5.97. The lowest BCUT2D eigenvalue weighted by Gasteiger charge is -2.16. The van der Waals surface area contributed by atoms with E-state index in [0.717, 1.165) is 31.5 Å². The highest BCUT2D eigenvalue weighted by atomic mass is 35.5. The molecule has 1 unspecified atom stereocenters. The molecule has 0 bridgehead atoms. The number of halogens is 2. The number of nitrogens with one attached hydrogen (secondary N) is 1. The van der Waals surface area contributed by atoms with Gasteiger partial charge in [-0.15, -0.1) is 0 Å². The quantitative estimate of drug-likeness (QED) is 0.623. The highest BCUT2D eigenvalue weighted by Crippen LogP contribution is 2.28. The molecule has 1 aliphatic rings. The minimum absolute atomic E-state index is 0.0646. The summed E-state index contributed by atoms with van der Waals surface area (Å²) in [6.45, 7) is 2.30. The summed E-state index contributed by atoms with van der Waals surface area (Å²) in [5.74, 6) is 0.846. The molecule has 6 nitrogen and oxygen atoms in total. The van der Waals surface area contributed by atoms with E-state index in [4.69, 9.17) is 27.9 Å². The predicted octanol–water partition coefficient (Wildman–Crippen LogP) is 4.84. The van der Waals surface area contributed by atoms with E-state index >= 15 is 0 Å². The summed E-state index contributed by atoms with van der Waals surface area (Å²) in [6.07, 6.45) is 3.12. The molecular weight excluding hydrogens is 425 g/mol. The number of ether oxygens (including phenoxy) is 1. The number of amides is 1. The molecule has 0 spiro atoms. The van der Waals surface area contributed by atoms with Crippen molar-refractivity contribution in [2.75, 3.05) is 5.32 Å². The van der Waals surface area contributed by atoms with E-state index < -0.39 is 6.10 Å². The van der Waals surface area contributed by atoms with E-state index in [1.54, 1.807) is 47.9 Å². The summed E-state index contributed by atoms with van der Waals surface area (Å²) >= 11 is 12.0. The van der Waals surface area contributed by atoms with Crippen molar-refractivity contribution in [2.45, 2.75) is 45.3 Å². The van der Waals surface area contributed by atoms with Crippen molar-refractivity contribution in [3.05, 3.63) is 62.6 Å².